The van der Waals surface area contributed by atoms with Gasteiger partial charge in [-0.1, -0.05) is 24.8 Å². The van der Waals surface area contributed by atoms with Gasteiger partial charge in [-0.25, -0.2) is 4.39 Å². The van der Waals surface area contributed by atoms with E-state index in [2.05, 4.69) is 51.6 Å². The summed E-state index contributed by atoms with van der Waals surface area (Å²) in [6.45, 7) is 9.49. The molecule has 2 saturated heterocycles. The molecule has 2 aromatic rings. The third kappa shape index (κ3) is 6.24. The average molecular weight is 614 g/mol. The van der Waals surface area contributed by atoms with Crippen molar-refractivity contribution in [1.29, 1.82) is 5.26 Å². The highest BCUT2D eigenvalue weighted by Gasteiger charge is 2.45. The number of aromatic nitrogens is 2. The van der Waals surface area contributed by atoms with E-state index in [-0.39, 0.29) is 11.8 Å². The minimum atomic E-state index is -0.991. The molecular formula is C35H44FN7O2. The number of likely N-dealkylation sites (tertiary alicyclic amines) is 1. The lowest BCUT2D eigenvalue weighted by molar-refractivity contribution is -0.131. The smallest absolute Gasteiger partial charge is 0.318 e. The maximum absolute atomic E-state index is 13.9. The minimum Gasteiger partial charge on any atom is -0.463 e. The van der Waals surface area contributed by atoms with Crippen LogP contribution >= 0.6 is 0 Å². The number of hydrogen-bond donors (Lipinski definition) is 0. The number of ether oxygens (including phenoxy) is 1. The first-order valence-corrected chi connectivity index (χ1v) is 16.8. The van der Waals surface area contributed by atoms with E-state index >= 15 is 0 Å². The zero-order chi connectivity index (χ0) is 31.0. The molecule has 2 atom stereocenters. The van der Waals surface area contributed by atoms with Crippen LogP contribution in [-0.4, -0.2) is 90.2 Å². The van der Waals surface area contributed by atoms with Gasteiger partial charge in [-0.05, 0) is 76.1 Å². The molecule has 0 bridgehead atoms. The van der Waals surface area contributed by atoms with Crippen LogP contribution in [-0.2, 0) is 24.1 Å². The summed E-state index contributed by atoms with van der Waals surface area (Å²) in [4.78, 5) is 31.4. The Hall–Kier alpha value is -3.71. The SMILES string of the molecule is C=C(F)C(=O)N1CCN(c2nc(OCC3(CN4CCCC4)CC3)nc3c2CCC(N2CCCc4ccccc42)C3)C[C@@H]1CC#N. The molecule has 10 heteroatoms. The highest BCUT2D eigenvalue weighted by molar-refractivity contribution is 5.91. The lowest BCUT2D eigenvalue weighted by atomic mass is 9.88. The Morgan fingerprint density at radius 1 is 1.09 bits per heavy atom. The van der Waals surface area contributed by atoms with E-state index < -0.39 is 17.8 Å². The van der Waals surface area contributed by atoms with Crippen LogP contribution in [0, 0.1) is 16.7 Å². The van der Waals surface area contributed by atoms with Crippen LogP contribution in [0.1, 0.15) is 61.8 Å². The summed E-state index contributed by atoms with van der Waals surface area (Å²) in [5.74, 6) is -0.887. The molecule has 0 spiro atoms. The Morgan fingerprint density at radius 2 is 1.91 bits per heavy atom. The maximum atomic E-state index is 13.9. The van der Waals surface area contributed by atoms with Crippen LogP contribution < -0.4 is 14.5 Å². The molecule has 45 heavy (non-hydrogen) atoms. The van der Waals surface area contributed by atoms with Crippen LogP contribution in [0.2, 0.25) is 0 Å². The van der Waals surface area contributed by atoms with Crippen LogP contribution in [0.3, 0.4) is 0 Å². The molecule has 0 radical (unpaired) electrons. The van der Waals surface area contributed by atoms with Crippen LogP contribution in [0.5, 0.6) is 6.01 Å². The fraction of sp³-hybridized carbons (Fsp3) is 0.600. The van der Waals surface area contributed by atoms with Gasteiger partial charge in [0.2, 0.25) is 0 Å². The summed E-state index contributed by atoms with van der Waals surface area (Å²) in [6.07, 6.45) is 9.94. The van der Waals surface area contributed by atoms with Crippen LogP contribution in [0.15, 0.2) is 36.7 Å². The Labute approximate surface area is 265 Å². The lowest BCUT2D eigenvalue weighted by Crippen LogP contribution is -2.55. The number of piperazine rings is 1. The van der Waals surface area contributed by atoms with Crippen molar-refractivity contribution in [3.05, 3.63) is 53.5 Å². The third-order valence-corrected chi connectivity index (χ3v) is 10.6. The second-order valence-corrected chi connectivity index (χ2v) is 13.7. The average Bonchev–Trinajstić information content (AvgIpc) is 3.63. The molecule has 7 rings (SSSR count). The Balaban J connectivity index is 1.16. The highest BCUT2D eigenvalue weighted by atomic mass is 19.1. The Bertz CT molecular complexity index is 1480. The van der Waals surface area contributed by atoms with Gasteiger partial charge >= 0.3 is 6.01 Å². The quantitative estimate of drug-likeness (QED) is 0.384. The number of benzene rings is 1. The van der Waals surface area contributed by atoms with Crippen LogP contribution in [0.4, 0.5) is 15.9 Å². The Morgan fingerprint density at radius 3 is 2.69 bits per heavy atom. The Kier molecular flexibility index (Phi) is 8.38. The van der Waals surface area contributed by atoms with Crippen molar-refractivity contribution >= 4 is 17.4 Å². The molecule has 3 fully saturated rings. The molecule has 1 aromatic heterocycles. The van der Waals surface area contributed by atoms with E-state index in [4.69, 9.17) is 14.7 Å². The highest BCUT2D eigenvalue weighted by Crippen LogP contribution is 2.47. The van der Waals surface area contributed by atoms with E-state index in [0.717, 1.165) is 62.3 Å². The van der Waals surface area contributed by atoms with Crippen molar-refractivity contribution in [2.75, 3.05) is 62.2 Å². The summed E-state index contributed by atoms with van der Waals surface area (Å²) in [5.41, 5.74) is 5.11. The van der Waals surface area contributed by atoms with E-state index in [1.807, 2.05) is 0 Å². The number of fused-ring (bicyclic) bond motifs is 2. The molecule has 1 amide bonds. The maximum Gasteiger partial charge on any atom is 0.318 e. The van der Waals surface area contributed by atoms with Crippen molar-refractivity contribution in [3.8, 4) is 12.1 Å². The topological polar surface area (TPSA) is 88.8 Å². The fourth-order valence-corrected chi connectivity index (χ4v) is 8.00. The van der Waals surface area contributed by atoms with Gasteiger partial charge in [-0.3, -0.25) is 4.79 Å². The largest absolute Gasteiger partial charge is 0.463 e. The first kappa shape index (κ1) is 30.0. The van der Waals surface area contributed by atoms with Crippen molar-refractivity contribution in [2.45, 2.75) is 76.3 Å². The van der Waals surface area contributed by atoms with E-state index in [1.165, 1.54) is 54.9 Å². The van der Waals surface area contributed by atoms with Gasteiger partial charge in [0.1, 0.15) is 5.82 Å². The van der Waals surface area contributed by atoms with Crippen molar-refractivity contribution in [3.63, 3.8) is 0 Å². The number of nitrogens with zero attached hydrogens (tertiary/aromatic N) is 7. The summed E-state index contributed by atoms with van der Waals surface area (Å²) in [5, 5.41) is 9.55. The number of aryl methyl sites for hydroxylation is 1. The number of carbonyl (C=O) groups excluding carboxylic acids is 1. The molecule has 0 N–H and O–H groups in total. The van der Waals surface area contributed by atoms with Gasteiger partial charge in [0.15, 0.2) is 5.83 Å². The number of amides is 1. The van der Waals surface area contributed by atoms with E-state index in [1.54, 1.807) is 0 Å². The summed E-state index contributed by atoms with van der Waals surface area (Å²) in [7, 11) is 0. The number of hydrogen-bond acceptors (Lipinski definition) is 8. The lowest BCUT2D eigenvalue weighted by Gasteiger charge is -2.43. The van der Waals surface area contributed by atoms with Gasteiger partial charge in [-0.15, -0.1) is 0 Å². The first-order chi connectivity index (χ1) is 21.9. The second-order valence-electron chi connectivity index (χ2n) is 13.7. The van der Waals surface area contributed by atoms with Gasteiger partial charge < -0.3 is 24.3 Å². The molecule has 3 aliphatic heterocycles. The predicted octanol–water partition coefficient (Wildman–Crippen LogP) is 4.46. The first-order valence-electron chi connectivity index (χ1n) is 16.8. The molecular weight excluding hydrogens is 569 g/mol. The molecule has 238 valence electrons. The fourth-order valence-electron chi connectivity index (χ4n) is 8.00. The zero-order valence-corrected chi connectivity index (χ0v) is 26.2. The van der Waals surface area contributed by atoms with Crippen molar-refractivity contribution < 1.29 is 13.9 Å². The normalized spacial score (nSPS) is 24.0. The predicted molar refractivity (Wildman–Crippen MR) is 171 cm³/mol. The molecule has 2 aliphatic carbocycles. The molecule has 4 heterocycles. The molecule has 5 aliphatic rings. The van der Waals surface area contributed by atoms with Crippen molar-refractivity contribution in [2.24, 2.45) is 5.41 Å². The van der Waals surface area contributed by atoms with Crippen LogP contribution in [0.25, 0.3) is 0 Å². The van der Waals surface area contributed by atoms with Gasteiger partial charge in [-0.2, -0.15) is 15.2 Å². The van der Waals surface area contributed by atoms with E-state index in [0.29, 0.717) is 38.3 Å². The zero-order valence-electron chi connectivity index (χ0n) is 26.2. The third-order valence-electron chi connectivity index (χ3n) is 10.6. The monoisotopic (exact) mass is 613 g/mol. The summed E-state index contributed by atoms with van der Waals surface area (Å²) >= 11 is 0. The number of carbonyl (C=O) groups is 1. The molecule has 1 unspecified atom stereocenters. The van der Waals surface area contributed by atoms with Gasteiger partial charge in [0.05, 0.1) is 30.8 Å². The second kappa shape index (κ2) is 12.6. The number of halogens is 1. The summed E-state index contributed by atoms with van der Waals surface area (Å²) < 4.78 is 20.3. The molecule has 1 saturated carbocycles. The van der Waals surface area contributed by atoms with Crippen molar-refractivity contribution in [1.82, 2.24) is 19.8 Å². The number of anilines is 2. The molecule has 9 nitrogen and oxygen atoms in total. The summed E-state index contributed by atoms with van der Waals surface area (Å²) in [6, 6.07) is 11.3. The van der Waals surface area contributed by atoms with Gasteiger partial charge in [0.25, 0.3) is 5.91 Å². The number of para-hydroxylation sites is 1. The minimum absolute atomic E-state index is 0.113. The number of nitriles is 1. The molecule has 1 aromatic carbocycles. The number of rotatable bonds is 9. The standard InChI is InChI=1S/C35H44FN7O2/c1-25(36)33(44)43-20-19-41(22-28(43)12-15-37)32-29-11-10-27(42-18-6-8-26-7-2-3-9-31(26)42)21-30(29)38-34(39-32)45-24-35(13-14-35)23-40-16-4-5-17-40/h2-3,7,9,27-28H,1,4-6,8,10-14,16-24H2/t27?,28-/m0/s1. The van der Waals surface area contributed by atoms with Gasteiger partial charge in [0, 0.05) is 61.9 Å². The van der Waals surface area contributed by atoms with E-state index in [9.17, 15) is 14.4 Å².